The Labute approximate surface area is 115 Å². The summed E-state index contributed by atoms with van der Waals surface area (Å²) < 4.78 is 10.3. The summed E-state index contributed by atoms with van der Waals surface area (Å²) in [4.78, 5) is 23.9. The molecular weight excluding hydrogens is 244 g/mol. The van der Waals surface area contributed by atoms with E-state index in [-0.39, 0.29) is 30.4 Å². The maximum absolute atomic E-state index is 12.0. The SMILES string of the molecule is C=CCOC(=O)C1CCCCC1C(=O)OCCCC. The Morgan fingerprint density at radius 3 is 2.26 bits per heavy atom. The summed E-state index contributed by atoms with van der Waals surface area (Å²) in [6.45, 7) is 6.20. The van der Waals surface area contributed by atoms with E-state index >= 15 is 0 Å². The first-order chi connectivity index (χ1) is 9.20. The third-order valence-electron chi connectivity index (χ3n) is 3.46. The molecule has 4 heteroatoms. The van der Waals surface area contributed by atoms with E-state index in [4.69, 9.17) is 9.47 Å². The van der Waals surface area contributed by atoms with Crippen molar-refractivity contribution >= 4 is 11.9 Å². The molecule has 0 saturated heterocycles. The molecule has 0 N–H and O–H groups in total. The maximum atomic E-state index is 12.0. The molecule has 1 rings (SSSR count). The molecule has 1 saturated carbocycles. The van der Waals surface area contributed by atoms with E-state index in [9.17, 15) is 9.59 Å². The molecule has 0 heterocycles. The summed E-state index contributed by atoms with van der Waals surface area (Å²) in [6.07, 6.45) is 6.76. The summed E-state index contributed by atoms with van der Waals surface area (Å²) in [5.74, 6) is -1.21. The van der Waals surface area contributed by atoms with Crippen molar-refractivity contribution in [3.63, 3.8) is 0 Å². The van der Waals surface area contributed by atoms with Crippen LogP contribution in [0.15, 0.2) is 12.7 Å². The standard InChI is InChI=1S/C15H24O4/c1-3-5-11-19-15(17)13-9-7-6-8-12(13)14(16)18-10-4-2/h4,12-13H,2-3,5-11H2,1H3. The maximum Gasteiger partial charge on any atom is 0.310 e. The molecule has 1 aliphatic rings. The van der Waals surface area contributed by atoms with E-state index in [0.29, 0.717) is 13.0 Å². The van der Waals surface area contributed by atoms with Crippen LogP contribution >= 0.6 is 0 Å². The van der Waals surface area contributed by atoms with Gasteiger partial charge >= 0.3 is 11.9 Å². The van der Waals surface area contributed by atoms with Crippen molar-refractivity contribution in [1.82, 2.24) is 0 Å². The minimum Gasteiger partial charge on any atom is -0.465 e. The van der Waals surface area contributed by atoms with Crippen molar-refractivity contribution in [2.45, 2.75) is 45.4 Å². The Morgan fingerprint density at radius 2 is 1.74 bits per heavy atom. The summed E-state index contributed by atoms with van der Waals surface area (Å²) in [5, 5.41) is 0. The van der Waals surface area contributed by atoms with Crippen molar-refractivity contribution in [2.75, 3.05) is 13.2 Å². The molecular formula is C15H24O4. The summed E-state index contributed by atoms with van der Waals surface area (Å²) >= 11 is 0. The number of hydrogen-bond acceptors (Lipinski definition) is 4. The Kier molecular flexibility index (Phi) is 7.23. The van der Waals surface area contributed by atoms with Gasteiger partial charge in [0.2, 0.25) is 0 Å². The summed E-state index contributed by atoms with van der Waals surface area (Å²) in [5.41, 5.74) is 0. The molecule has 0 aliphatic heterocycles. The smallest absolute Gasteiger partial charge is 0.310 e. The number of rotatable bonds is 7. The highest BCUT2D eigenvalue weighted by atomic mass is 16.5. The zero-order valence-corrected chi connectivity index (χ0v) is 11.7. The average Bonchev–Trinajstić information content (AvgIpc) is 2.45. The second kappa shape index (κ2) is 8.73. The minimum atomic E-state index is -0.345. The lowest BCUT2D eigenvalue weighted by Gasteiger charge is -2.28. The highest BCUT2D eigenvalue weighted by Gasteiger charge is 2.37. The molecule has 0 aromatic carbocycles. The van der Waals surface area contributed by atoms with Crippen molar-refractivity contribution in [1.29, 1.82) is 0 Å². The van der Waals surface area contributed by atoms with Crippen LogP contribution in [0.5, 0.6) is 0 Å². The van der Waals surface area contributed by atoms with Gasteiger partial charge in [0.15, 0.2) is 0 Å². The predicted molar refractivity (Wildman–Crippen MR) is 72.5 cm³/mol. The Hall–Kier alpha value is -1.32. The Bertz CT molecular complexity index is 311. The zero-order chi connectivity index (χ0) is 14.1. The first-order valence-electron chi connectivity index (χ1n) is 7.14. The molecule has 1 fully saturated rings. The number of esters is 2. The van der Waals surface area contributed by atoms with E-state index in [1.165, 1.54) is 6.08 Å². The number of unbranched alkanes of at least 4 members (excludes halogenated alkanes) is 1. The van der Waals surface area contributed by atoms with Gasteiger partial charge in [0.05, 0.1) is 18.4 Å². The third-order valence-corrected chi connectivity index (χ3v) is 3.46. The van der Waals surface area contributed by atoms with Crippen molar-refractivity contribution in [3.8, 4) is 0 Å². The van der Waals surface area contributed by atoms with Crippen LogP contribution in [0.3, 0.4) is 0 Å². The van der Waals surface area contributed by atoms with Crippen molar-refractivity contribution in [3.05, 3.63) is 12.7 Å². The lowest BCUT2D eigenvalue weighted by Crippen LogP contribution is -2.35. The second-order valence-electron chi connectivity index (χ2n) is 4.94. The fourth-order valence-corrected chi connectivity index (χ4v) is 2.37. The number of ether oxygens (including phenoxy) is 2. The monoisotopic (exact) mass is 268 g/mol. The van der Waals surface area contributed by atoms with Crippen LogP contribution in [0.25, 0.3) is 0 Å². The van der Waals surface area contributed by atoms with E-state index in [1.807, 2.05) is 6.92 Å². The number of hydrogen-bond donors (Lipinski definition) is 0. The molecule has 2 atom stereocenters. The zero-order valence-electron chi connectivity index (χ0n) is 11.7. The van der Waals surface area contributed by atoms with Crippen LogP contribution in [-0.4, -0.2) is 25.2 Å². The van der Waals surface area contributed by atoms with Gasteiger partial charge in [0, 0.05) is 0 Å². The molecule has 108 valence electrons. The van der Waals surface area contributed by atoms with E-state index < -0.39 is 0 Å². The van der Waals surface area contributed by atoms with Crippen LogP contribution in [0.4, 0.5) is 0 Å². The highest BCUT2D eigenvalue weighted by molar-refractivity contribution is 5.82. The quantitative estimate of drug-likeness (QED) is 0.405. The Balaban J connectivity index is 2.53. The van der Waals surface area contributed by atoms with Crippen LogP contribution < -0.4 is 0 Å². The van der Waals surface area contributed by atoms with Gasteiger partial charge < -0.3 is 9.47 Å². The van der Waals surface area contributed by atoms with Gasteiger partial charge in [-0.2, -0.15) is 0 Å². The summed E-state index contributed by atoms with van der Waals surface area (Å²) in [6, 6.07) is 0. The van der Waals surface area contributed by atoms with Gasteiger partial charge in [-0.15, -0.1) is 0 Å². The van der Waals surface area contributed by atoms with Crippen LogP contribution in [-0.2, 0) is 19.1 Å². The van der Waals surface area contributed by atoms with Gasteiger partial charge in [-0.05, 0) is 19.3 Å². The average molecular weight is 268 g/mol. The summed E-state index contributed by atoms with van der Waals surface area (Å²) in [7, 11) is 0. The number of carbonyl (C=O) groups is 2. The van der Waals surface area contributed by atoms with Gasteiger partial charge in [-0.3, -0.25) is 9.59 Å². The van der Waals surface area contributed by atoms with Crippen LogP contribution in [0.1, 0.15) is 45.4 Å². The fraction of sp³-hybridized carbons (Fsp3) is 0.733. The predicted octanol–water partition coefficient (Wildman–Crippen LogP) is 2.87. The van der Waals surface area contributed by atoms with Crippen molar-refractivity contribution in [2.24, 2.45) is 11.8 Å². The van der Waals surface area contributed by atoms with E-state index in [1.54, 1.807) is 0 Å². The molecule has 19 heavy (non-hydrogen) atoms. The lowest BCUT2D eigenvalue weighted by molar-refractivity contribution is -0.162. The molecule has 4 nitrogen and oxygen atoms in total. The van der Waals surface area contributed by atoms with Crippen molar-refractivity contribution < 1.29 is 19.1 Å². The fourth-order valence-electron chi connectivity index (χ4n) is 2.37. The molecule has 2 unspecified atom stereocenters. The molecule has 0 aromatic rings. The van der Waals surface area contributed by atoms with Crippen LogP contribution in [0.2, 0.25) is 0 Å². The normalized spacial score (nSPS) is 22.6. The molecule has 0 bridgehead atoms. The third kappa shape index (κ3) is 5.05. The second-order valence-corrected chi connectivity index (χ2v) is 4.94. The van der Waals surface area contributed by atoms with Gasteiger partial charge in [-0.25, -0.2) is 0 Å². The molecule has 0 aromatic heterocycles. The first kappa shape index (κ1) is 15.7. The number of carbonyl (C=O) groups excluding carboxylic acids is 2. The molecule has 0 radical (unpaired) electrons. The molecule has 0 spiro atoms. The van der Waals surface area contributed by atoms with Gasteiger partial charge in [0.1, 0.15) is 6.61 Å². The van der Waals surface area contributed by atoms with Crippen LogP contribution in [0, 0.1) is 11.8 Å². The highest BCUT2D eigenvalue weighted by Crippen LogP contribution is 2.32. The first-order valence-corrected chi connectivity index (χ1v) is 7.14. The topological polar surface area (TPSA) is 52.6 Å². The lowest BCUT2D eigenvalue weighted by atomic mass is 9.79. The Morgan fingerprint density at radius 1 is 1.16 bits per heavy atom. The van der Waals surface area contributed by atoms with Gasteiger partial charge in [0.25, 0.3) is 0 Å². The van der Waals surface area contributed by atoms with E-state index in [2.05, 4.69) is 6.58 Å². The van der Waals surface area contributed by atoms with Gasteiger partial charge in [-0.1, -0.05) is 38.8 Å². The van der Waals surface area contributed by atoms with E-state index in [0.717, 1.165) is 32.1 Å². The molecule has 0 amide bonds. The minimum absolute atomic E-state index is 0.201. The largest absolute Gasteiger partial charge is 0.465 e. The molecule has 1 aliphatic carbocycles.